The quantitative estimate of drug-likeness (QED) is 0.718. The number of aliphatic hydroxyl groups excluding tert-OH is 1. The van der Waals surface area contributed by atoms with Gasteiger partial charge in [-0.15, -0.1) is 0 Å². The number of nitrogens with one attached hydrogen (secondary N) is 1. The van der Waals surface area contributed by atoms with Crippen LogP contribution in [0.5, 0.6) is 0 Å². The molecule has 0 spiro atoms. The predicted octanol–water partition coefficient (Wildman–Crippen LogP) is 2.42. The Morgan fingerprint density at radius 2 is 1.62 bits per heavy atom. The highest BCUT2D eigenvalue weighted by Crippen LogP contribution is 2.47. The minimum Gasteiger partial charge on any atom is -0.395 e. The maximum absolute atomic E-state index is 13.6. The summed E-state index contributed by atoms with van der Waals surface area (Å²) in [6.45, 7) is 5.04. The zero-order valence-electron chi connectivity index (χ0n) is 15.4. The lowest BCUT2D eigenvalue weighted by molar-refractivity contribution is -0.131. The van der Waals surface area contributed by atoms with Gasteiger partial charge in [-0.05, 0) is 31.0 Å². The first-order valence-corrected chi connectivity index (χ1v) is 9.47. The summed E-state index contributed by atoms with van der Waals surface area (Å²) in [6, 6.07) is 20.4. The van der Waals surface area contributed by atoms with E-state index in [-0.39, 0.29) is 18.4 Å². The van der Waals surface area contributed by atoms with E-state index in [9.17, 15) is 4.79 Å². The third kappa shape index (κ3) is 3.27. The second-order valence-electron chi connectivity index (χ2n) is 6.84. The summed E-state index contributed by atoms with van der Waals surface area (Å²) in [6.07, 6.45) is 0.881. The number of benzene rings is 2. The van der Waals surface area contributed by atoms with E-state index in [0.29, 0.717) is 6.54 Å². The van der Waals surface area contributed by atoms with E-state index in [1.54, 1.807) is 0 Å². The van der Waals surface area contributed by atoms with Gasteiger partial charge < -0.3 is 15.3 Å². The van der Waals surface area contributed by atoms with Gasteiger partial charge in [0.15, 0.2) is 0 Å². The van der Waals surface area contributed by atoms with Crippen molar-refractivity contribution in [2.75, 3.05) is 32.8 Å². The number of amides is 1. The molecule has 1 aliphatic heterocycles. The normalized spacial score (nSPS) is 19.1. The van der Waals surface area contributed by atoms with Gasteiger partial charge in [0.2, 0.25) is 5.91 Å². The number of likely N-dealkylation sites (N-methyl/N-ethyl adjacent to an activating group) is 1. The lowest BCUT2D eigenvalue weighted by atomic mass is 9.66. The summed E-state index contributed by atoms with van der Waals surface area (Å²) < 4.78 is 0. The Kier molecular flexibility index (Phi) is 6.07. The molecule has 0 aliphatic carbocycles. The summed E-state index contributed by atoms with van der Waals surface area (Å²) in [7, 11) is 0. The van der Waals surface area contributed by atoms with Crippen molar-refractivity contribution in [2.45, 2.75) is 18.8 Å². The average Bonchev–Trinajstić information content (AvgIpc) is 2.99. The van der Waals surface area contributed by atoms with E-state index in [0.717, 1.165) is 37.2 Å². The van der Waals surface area contributed by atoms with Crippen LogP contribution < -0.4 is 5.32 Å². The van der Waals surface area contributed by atoms with Gasteiger partial charge in [0.25, 0.3) is 0 Å². The largest absolute Gasteiger partial charge is 0.395 e. The highest BCUT2D eigenvalue weighted by Gasteiger charge is 2.55. The van der Waals surface area contributed by atoms with Crippen molar-refractivity contribution in [1.82, 2.24) is 10.2 Å². The van der Waals surface area contributed by atoms with Crippen molar-refractivity contribution in [2.24, 2.45) is 5.92 Å². The number of rotatable bonds is 8. The molecule has 138 valence electrons. The standard InChI is InChI=1S/C22H28N2O2/c1-2-24-17-20(13-14-23-15-16-25)22(21(24)26,18-9-5-3-6-10-18)19-11-7-4-8-12-19/h3-12,20,23,25H,2,13-17H2,1H3/t20-/m0/s1. The summed E-state index contributed by atoms with van der Waals surface area (Å²) in [5, 5.41) is 12.3. The molecule has 2 N–H and O–H groups in total. The smallest absolute Gasteiger partial charge is 0.238 e. The maximum Gasteiger partial charge on any atom is 0.238 e. The molecule has 0 unspecified atom stereocenters. The average molecular weight is 352 g/mol. The van der Waals surface area contributed by atoms with Crippen LogP contribution in [-0.2, 0) is 10.2 Å². The molecule has 0 radical (unpaired) electrons. The van der Waals surface area contributed by atoms with Crippen LogP contribution in [0.25, 0.3) is 0 Å². The van der Waals surface area contributed by atoms with E-state index in [1.807, 2.05) is 48.2 Å². The Bertz CT molecular complexity index is 663. The lowest BCUT2D eigenvalue weighted by Gasteiger charge is -2.34. The summed E-state index contributed by atoms with van der Waals surface area (Å²) >= 11 is 0. The molecule has 1 atom stereocenters. The molecular weight excluding hydrogens is 324 g/mol. The van der Waals surface area contributed by atoms with Crippen LogP contribution in [0.15, 0.2) is 60.7 Å². The minimum absolute atomic E-state index is 0.132. The minimum atomic E-state index is -0.639. The summed E-state index contributed by atoms with van der Waals surface area (Å²) in [4.78, 5) is 15.6. The second kappa shape index (κ2) is 8.47. The Hall–Kier alpha value is -2.17. The number of aliphatic hydroxyl groups is 1. The van der Waals surface area contributed by atoms with Gasteiger partial charge in [0, 0.05) is 25.6 Å². The number of likely N-dealkylation sites (tertiary alicyclic amines) is 1. The van der Waals surface area contributed by atoms with Gasteiger partial charge in [0.1, 0.15) is 5.41 Å². The van der Waals surface area contributed by atoms with Crippen molar-refractivity contribution in [3.05, 3.63) is 71.8 Å². The molecule has 1 saturated heterocycles. The zero-order valence-corrected chi connectivity index (χ0v) is 15.4. The monoisotopic (exact) mass is 352 g/mol. The molecule has 0 bridgehead atoms. The zero-order chi connectivity index (χ0) is 18.4. The number of carbonyl (C=O) groups excluding carboxylic acids is 1. The molecule has 4 nitrogen and oxygen atoms in total. The van der Waals surface area contributed by atoms with E-state index in [2.05, 4.69) is 29.6 Å². The summed E-state index contributed by atoms with van der Waals surface area (Å²) in [5.74, 6) is 0.385. The van der Waals surface area contributed by atoms with Crippen LogP contribution in [0, 0.1) is 5.92 Å². The van der Waals surface area contributed by atoms with E-state index in [1.165, 1.54) is 0 Å². The molecule has 1 heterocycles. The van der Waals surface area contributed by atoms with Gasteiger partial charge in [0.05, 0.1) is 6.61 Å². The molecule has 3 rings (SSSR count). The highest BCUT2D eigenvalue weighted by atomic mass is 16.3. The van der Waals surface area contributed by atoms with Crippen LogP contribution in [0.4, 0.5) is 0 Å². The van der Waals surface area contributed by atoms with Gasteiger partial charge in [-0.3, -0.25) is 4.79 Å². The topological polar surface area (TPSA) is 52.6 Å². The van der Waals surface area contributed by atoms with Crippen molar-refractivity contribution in [3.63, 3.8) is 0 Å². The van der Waals surface area contributed by atoms with Crippen molar-refractivity contribution in [1.29, 1.82) is 0 Å². The molecule has 2 aromatic carbocycles. The molecule has 1 aliphatic rings. The maximum atomic E-state index is 13.6. The highest BCUT2D eigenvalue weighted by molar-refractivity contribution is 5.94. The Labute approximate surface area is 155 Å². The number of carbonyl (C=O) groups is 1. The number of hydrogen-bond acceptors (Lipinski definition) is 3. The third-order valence-corrected chi connectivity index (χ3v) is 5.48. The number of nitrogens with zero attached hydrogens (tertiary/aromatic N) is 1. The van der Waals surface area contributed by atoms with Gasteiger partial charge in [-0.1, -0.05) is 60.7 Å². The second-order valence-corrected chi connectivity index (χ2v) is 6.84. The predicted molar refractivity (Wildman–Crippen MR) is 104 cm³/mol. The molecule has 1 amide bonds. The van der Waals surface area contributed by atoms with Crippen molar-refractivity contribution in [3.8, 4) is 0 Å². The van der Waals surface area contributed by atoms with Crippen LogP contribution in [0.2, 0.25) is 0 Å². The molecule has 0 aromatic heterocycles. The Morgan fingerprint density at radius 3 is 2.12 bits per heavy atom. The first-order chi connectivity index (χ1) is 12.7. The Balaban J connectivity index is 2.07. The van der Waals surface area contributed by atoms with Crippen LogP contribution in [0.3, 0.4) is 0 Å². The summed E-state index contributed by atoms with van der Waals surface area (Å²) in [5.41, 5.74) is 1.50. The van der Waals surface area contributed by atoms with Crippen LogP contribution in [-0.4, -0.2) is 48.7 Å². The molecule has 1 fully saturated rings. The molecule has 0 saturated carbocycles. The van der Waals surface area contributed by atoms with E-state index < -0.39 is 5.41 Å². The van der Waals surface area contributed by atoms with Gasteiger partial charge >= 0.3 is 0 Å². The van der Waals surface area contributed by atoms with Crippen molar-refractivity contribution < 1.29 is 9.90 Å². The van der Waals surface area contributed by atoms with Crippen molar-refractivity contribution >= 4 is 5.91 Å². The van der Waals surface area contributed by atoms with Gasteiger partial charge in [-0.2, -0.15) is 0 Å². The molecule has 26 heavy (non-hydrogen) atoms. The van der Waals surface area contributed by atoms with Crippen LogP contribution >= 0.6 is 0 Å². The fourth-order valence-corrected chi connectivity index (χ4v) is 4.26. The molecular formula is C22H28N2O2. The van der Waals surface area contributed by atoms with E-state index in [4.69, 9.17) is 5.11 Å². The molecule has 2 aromatic rings. The van der Waals surface area contributed by atoms with Crippen LogP contribution in [0.1, 0.15) is 24.5 Å². The first kappa shape index (κ1) is 18.6. The number of hydrogen-bond donors (Lipinski definition) is 2. The fourth-order valence-electron chi connectivity index (χ4n) is 4.26. The van der Waals surface area contributed by atoms with E-state index >= 15 is 0 Å². The lowest BCUT2D eigenvalue weighted by Crippen LogP contribution is -2.42. The SMILES string of the molecule is CCN1C[C@H](CCNCCO)C(c2ccccc2)(c2ccccc2)C1=O. The molecule has 4 heteroatoms. The Morgan fingerprint density at radius 1 is 1.04 bits per heavy atom. The first-order valence-electron chi connectivity index (χ1n) is 9.47. The van der Waals surface area contributed by atoms with Gasteiger partial charge in [-0.25, -0.2) is 0 Å². The third-order valence-electron chi connectivity index (χ3n) is 5.48. The fraction of sp³-hybridized carbons (Fsp3) is 0.409.